The molecule has 5 heteroatoms. The van der Waals surface area contributed by atoms with E-state index in [1.54, 1.807) is 18.5 Å². The zero-order valence-electron chi connectivity index (χ0n) is 10.7. The number of hydrogen-bond donors (Lipinski definition) is 1. The second kappa shape index (κ2) is 5.27. The van der Waals surface area contributed by atoms with Crippen LogP contribution in [0.25, 0.3) is 22.6 Å². The van der Waals surface area contributed by atoms with Gasteiger partial charge in [-0.3, -0.25) is 4.98 Å². The number of benzene rings is 1. The summed E-state index contributed by atoms with van der Waals surface area (Å²) in [7, 11) is 0. The molecule has 20 heavy (non-hydrogen) atoms. The molecular formula is C15H11Cl2N3. The molecule has 0 radical (unpaired) electrons. The van der Waals surface area contributed by atoms with E-state index in [2.05, 4.69) is 15.0 Å². The molecule has 0 aliphatic carbocycles. The van der Waals surface area contributed by atoms with Crippen molar-refractivity contribution in [1.82, 2.24) is 15.0 Å². The third kappa shape index (κ3) is 2.30. The first-order chi connectivity index (χ1) is 9.66. The molecule has 3 aromatic rings. The van der Waals surface area contributed by atoms with Crippen molar-refractivity contribution in [3.63, 3.8) is 0 Å². The van der Waals surface area contributed by atoms with Gasteiger partial charge >= 0.3 is 0 Å². The Labute approximate surface area is 126 Å². The van der Waals surface area contributed by atoms with Crippen LogP contribution < -0.4 is 0 Å². The Balaban J connectivity index is 2.12. The van der Waals surface area contributed by atoms with Gasteiger partial charge in [-0.15, -0.1) is 0 Å². The Kier molecular flexibility index (Phi) is 3.47. The quantitative estimate of drug-likeness (QED) is 0.742. The van der Waals surface area contributed by atoms with E-state index >= 15 is 0 Å². The van der Waals surface area contributed by atoms with Crippen molar-refractivity contribution in [3.8, 4) is 22.6 Å². The summed E-state index contributed by atoms with van der Waals surface area (Å²) in [6.07, 6.45) is 3.47. The minimum atomic E-state index is 0.519. The average molecular weight is 304 g/mol. The molecule has 0 aliphatic rings. The van der Waals surface area contributed by atoms with Crippen LogP contribution in [0, 0.1) is 6.92 Å². The first-order valence-corrected chi connectivity index (χ1v) is 6.84. The van der Waals surface area contributed by atoms with Crippen LogP contribution in [0.3, 0.4) is 0 Å². The predicted octanol–water partition coefficient (Wildman–Crippen LogP) is 4.75. The minimum absolute atomic E-state index is 0.519. The van der Waals surface area contributed by atoms with E-state index in [4.69, 9.17) is 23.2 Å². The third-order valence-electron chi connectivity index (χ3n) is 3.05. The summed E-state index contributed by atoms with van der Waals surface area (Å²) in [4.78, 5) is 11.9. The molecule has 0 atom stereocenters. The fourth-order valence-corrected chi connectivity index (χ4v) is 2.45. The molecular weight excluding hydrogens is 293 g/mol. The van der Waals surface area contributed by atoms with Crippen molar-refractivity contribution in [2.45, 2.75) is 6.92 Å². The van der Waals surface area contributed by atoms with Crippen molar-refractivity contribution < 1.29 is 0 Å². The van der Waals surface area contributed by atoms with Gasteiger partial charge in [-0.05, 0) is 25.1 Å². The number of imidazole rings is 1. The molecule has 0 amide bonds. The van der Waals surface area contributed by atoms with Crippen LogP contribution >= 0.6 is 23.2 Å². The maximum Gasteiger partial charge on any atom is 0.138 e. The van der Waals surface area contributed by atoms with Gasteiger partial charge in [0.2, 0.25) is 0 Å². The smallest absolute Gasteiger partial charge is 0.138 e. The van der Waals surface area contributed by atoms with E-state index in [-0.39, 0.29) is 0 Å². The highest BCUT2D eigenvalue weighted by Crippen LogP contribution is 2.34. The maximum absolute atomic E-state index is 6.26. The van der Waals surface area contributed by atoms with Gasteiger partial charge in [0.15, 0.2) is 0 Å². The lowest BCUT2D eigenvalue weighted by Gasteiger charge is -2.03. The number of halogens is 2. The molecule has 0 aliphatic heterocycles. The largest absolute Gasteiger partial charge is 0.342 e. The summed E-state index contributed by atoms with van der Waals surface area (Å²) in [5.74, 6) is 0.788. The fourth-order valence-electron chi connectivity index (χ4n) is 2.06. The van der Waals surface area contributed by atoms with E-state index in [0.29, 0.717) is 10.0 Å². The molecule has 3 nitrogen and oxygen atoms in total. The number of nitrogens with one attached hydrogen (secondary N) is 1. The molecule has 0 saturated carbocycles. The van der Waals surface area contributed by atoms with Gasteiger partial charge in [0.1, 0.15) is 5.82 Å². The number of pyridine rings is 1. The summed E-state index contributed by atoms with van der Waals surface area (Å²) in [6.45, 7) is 1.96. The third-order valence-corrected chi connectivity index (χ3v) is 3.86. The lowest BCUT2D eigenvalue weighted by Crippen LogP contribution is -1.84. The van der Waals surface area contributed by atoms with Crippen LogP contribution in [-0.2, 0) is 0 Å². The number of aryl methyl sites for hydroxylation is 1. The number of aromatic amines is 1. The molecule has 0 unspecified atom stereocenters. The Bertz CT molecular complexity index is 751. The van der Waals surface area contributed by atoms with E-state index in [1.165, 1.54) is 0 Å². The zero-order chi connectivity index (χ0) is 14.1. The van der Waals surface area contributed by atoms with Crippen molar-refractivity contribution in [2.75, 3.05) is 0 Å². The van der Waals surface area contributed by atoms with Crippen LogP contribution in [0.1, 0.15) is 5.69 Å². The van der Waals surface area contributed by atoms with Crippen LogP contribution in [0.4, 0.5) is 0 Å². The first kappa shape index (κ1) is 13.2. The van der Waals surface area contributed by atoms with Gasteiger partial charge in [-0.25, -0.2) is 4.98 Å². The molecule has 2 aromatic heterocycles. The number of aromatic nitrogens is 3. The lowest BCUT2D eigenvalue weighted by atomic mass is 10.1. The summed E-state index contributed by atoms with van der Waals surface area (Å²) in [6, 6.07) is 9.35. The zero-order valence-corrected chi connectivity index (χ0v) is 12.2. The van der Waals surface area contributed by atoms with Crippen LogP contribution in [0.15, 0.2) is 42.7 Å². The SMILES string of the molecule is Cc1[nH]c(-c2ccncc2)nc1-c1cccc(Cl)c1Cl. The van der Waals surface area contributed by atoms with Gasteiger partial charge in [0, 0.05) is 29.2 Å². The number of H-pyrrole nitrogens is 1. The predicted molar refractivity (Wildman–Crippen MR) is 82.0 cm³/mol. The van der Waals surface area contributed by atoms with E-state index < -0.39 is 0 Å². The normalized spacial score (nSPS) is 10.8. The minimum Gasteiger partial charge on any atom is -0.342 e. The molecule has 0 saturated heterocycles. The highest BCUT2D eigenvalue weighted by atomic mass is 35.5. The van der Waals surface area contributed by atoms with Gasteiger partial charge in [-0.2, -0.15) is 0 Å². The summed E-state index contributed by atoms with van der Waals surface area (Å²) in [5, 5.41) is 1.04. The maximum atomic E-state index is 6.26. The Morgan fingerprint density at radius 1 is 1.05 bits per heavy atom. The molecule has 1 N–H and O–H groups in total. The Hall–Kier alpha value is -1.84. The van der Waals surface area contributed by atoms with E-state index in [9.17, 15) is 0 Å². The monoisotopic (exact) mass is 303 g/mol. The second-order valence-electron chi connectivity index (χ2n) is 4.40. The standard InChI is InChI=1S/C15H11Cl2N3/c1-9-14(11-3-2-4-12(16)13(11)17)20-15(19-9)10-5-7-18-8-6-10/h2-8H,1H3,(H,19,20). The molecule has 0 fully saturated rings. The summed E-state index contributed by atoms with van der Waals surface area (Å²) in [5.41, 5.74) is 3.56. The molecule has 0 bridgehead atoms. The molecule has 0 spiro atoms. The van der Waals surface area contributed by atoms with Crippen LogP contribution in [0.2, 0.25) is 10.0 Å². The molecule has 2 heterocycles. The Morgan fingerprint density at radius 2 is 1.80 bits per heavy atom. The van der Waals surface area contributed by atoms with Gasteiger partial charge in [0.05, 0.1) is 15.7 Å². The number of hydrogen-bond acceptors (Lipinski definition) is 2. The fraction of sp³-hybridized carbons (Fsp3) is 0.0667. The number of rotatable bonds is 2. The summed E-state index contributed by atoms with van der Waals surface area (Å²) >= 11 is 12.3. The Morgan fingerprint density at radius 3 is 2.55 bits per heavy atom. The first-order valence-electron chi connectivity index (χ1n) is 6.08. The van der Waals surface area contributed by atoms with Crippen LogP contribution in [0.5, 0.6) is 0 Å². The van der Waals surface area contributed by atoms with E-state index in [1.807, 2.05) is 31.2 Å². The van der Waals surface area contributed by atoms with Crippen molar-refractivity contribution in [1.29, 1.82) is 0 Å². The molecule has 100 valence electrons. The van der Waals surface area contributed by atoms with Crippen molar-refractivity contribution in [3.05, 3.63) is 58.5 Å². The molecule has 3 rings (SSSR count). The van der Waals surface area contributed by atoms with E-state index in [0.717, 1.165) is 28.3 Å². The van der Waals surface area contributed by atoms with Crippen LogP contribution in [-0.4, -0.2) is 15.0 Å². The van der Waals surface area contributed by atoms with Crippen molar-refractivity contribution >= 4 is 23.2 Å². The number of nitrogens with zero attached hydrogens (tertiary/aromatic N) is 2. The molecule has 1 aromatic carbocycles. The highest BCUT2D eigenvalue weighted by molar-refractivity contribution is 6.43. The average Bonchev–Trinajstić information content (AvgIpc) is 2.85. The van der Waals surface area contributed by atoms with Crippen molar-refractivity contribution in [2.24, 2.45) is 0 Å². The lowest BCUT2D eigenvalue weighted by molar-refractivity contribution is 1.24. The highest BCUT2D eigenvalue weighted by Gasteiger charge is 2.14. The van der Waals surface area contributed by atoms with Gasteiger partial charge < -0.3 is 4.98 Å². The summed E-state index contributed by atoms with van der Waals surface area (Å²) < 4.78 is 0. The van der Waals surface area contributed by atoms with Gasteiger partial charge in [0.25, 0.3) is 0 Å². The topological polar surface area (TPSA) is 41.6 Å². The second-order valence-corrected chi connectivity index (χ2v) is 5.18. The van der Waals surface area contributed by atoms with Gasteiger partial charge in [-0.1, -0.05) is 35.3 Å².